The van der Waals surface area contributed by atoms with Crippen molar-refractivity contribution >= 4 is 23.6 Å². The molecule has 7 nitrogen and oxygen atoms in total. The first-order valence-corrected chi connectivity index (χ1v) is 9.52. The van der Waals surface area contributed by atoms with Gasteiger partial charge in [-0.15, -0.1) is 11.8 Å². The Hall–Kier alpha value is -2.61. The average Bonchev–Trinajstić information content (AvgIpc) is 3.35. The van der Waals surface area contributed by atoms with Crippen LogP contribution in [0, 0.1) is 0 Å². The number of carbonyl (C=O) groups is 2. The molecule has 144 valence electrons. The molecule has 0 radical (unpaired) electrons. The van der Waals surface area contributed by atoms with Crippen LogP contribution in [0.15, 0.2) is 41.0 Å². The van der Waals surface area contributed by atoms with Crippen molar-refractivity contribution in [3.8, 4) is 11.5 Å². The quantitative estimate of drug-likeness (QED) is 0.817. The van der Waals surface area contributed by atoms with Gasteiger partial charge in [0.2, 0.25) is 11.8 Å². The third-order valence-electron chi connectivity index (χ3n) is 4.38. The van der Waals surface area contributed by atoms with Crippen molar-refractivity contribution in [1.82, 2.24) is 10.2 Å². The molecule has 0 bridgehead atoms. The van der Waals surface area contributed by atoms with E-state index in [0.29, 0.717) is 29.6 Å². The smallest absolute Gasteiger partial charge is 0.244 e. The lowest BCUT2D eigenvalue weighted by Gasteiger charge is -2.28. The second-order valence-electron chi connectivity index (χ2n) is 6.04. The number of benzene rings is 1. The molecule has 27 heavy (non-hydrogen) atoms. The summed E-state index contributed by atoms with van der Waals surface area (Å²) in [5, 5.41) is 2.58. The molecule has 2 aromatic rings. The summed E-state index contributed by atoms with van der Waals surface area (Å²) in [6, 6.07) is 8.55. The van der Waals surface area contributed by atoms with Crippen molar-refractivity contribution in [2.75, 3.05) is 20.0 Å². The van der Waals surface area contributed by atoms with Crippen LogP contribution < -0.4 is 14.8 Å². The summed E-state index contributed by atoms with van der Waals surface area (Å²) < 4.78 is 15.9. The summed E-state index contributed by atoms with van der Waals surface area (Å²) in [6.07, 6.45) is 1.56. The lowest BCUT2D eigenvalue weighted by Crippen LogP contribution is -2.47. The van der Waals surface area contributed by atoms with Gasteiger partial charge in [0.15, 0.2) is 11.5 Å². The minimum atomic E-state index is -0.541. The molecule has 1 fully saturated rings. The van der Waals surface area contributed by atoms with E-state index in [9.17, 15) is 9.59 Å². The number of hydrogen-bond acceptors (Lipinski definition) is 6. The van der Waals surface area contributed by atoms with Gasteiger partial charge >= 0.3 is 0 Å². The van der Waals surface area contributed by atoms with E-state index in [-0.39, 0.29) is 17.2 Å². The van der Waals surface area contributed by atoms with E-state index >= 15 is 0 Å². The van der Waals surface area contributed by atoms with Gasteiger partial charge < -0.3 is 24.1 Å². The fourth-order valence-corrected chi connectivity index (χ4v) is 4.53. The molecule has 1 aliphatic heterocycles. The highest BCUT2D eigenvalue weighted by atomic mass is 32.2. The molecule has 0 saturated carbocycles. The van der Waals surface area contributed by atoms with E-state index in [0.717, 1.165) is 5.56 Å². The first-order valence-electron chi connectivity index (χ1n) is 8.47. The van der Waals surface area contributed by atoms with Gasteiger partial charge in [0.05, 0.1) is 27.0 Å². The number of rotatable bonds is 6. The third kappa shape index (κ3) is 4.05. The minimum Gasteiger partial charge on any atom is -0.493 e. The molecular weight excluding hydrogens is 368 g/mol. The van der Waals surface area contributed by atoms with Gasteiger partial charge in [-0.05, 0) is 29.8 Å². The number of thioether (sulfide) groups is 1. The molecular formula is C19H22N2O5S. The van der Waals surface area contributed by atoms with Gasteiger partial charge in [-0.25, -0.2) is 0 Å². The molecule has 2 unspecified atom stereocenters. The standard InChI is InChI=1S/C19H22N2O5S/c1-12(22)21-15(18(23)20-10-14-5-4-8-26-14)11-27-19(21)13-6-7-16(24-2)17(9-13)25-3/h4-9,15,19H,10-11H2,1-3H3,(H,20,23). The number of nitrogens with zero attached hydrogens (tertiary/aromatic N) is 1. The average molecular weight is 390 g/mol. The van der Waals surface area contributed by atoms with Gasteiger partial charge in [0.25, 0.3) is 0 Å². The van der Waals surface area contributed by atoms with Gasteiger partial charge in [-0.2, -0.15) is 0 Å². The maximum atomic E-state index is 12.7. The van der Waals surface area contributed by atoms with Crippen molar-refractivity contribution < 1.29 is 23.5 Å². The Balaban J connectivity index is 1.77. The van der Waals surface area contributed by atoms with Crippen molar-refractivity contribution in [1.29, 1.82) is 0 Å². The van der Waals surface area contributed by atoms with E-state index in [1.54, 1.807) is 55.3 Å². The van der Waals surface area contributed by atoms with E-state index in [4.69, 9.17) is 13.9 Å². The molecule has 8 heteroatoms. The summed E-state index contributed by atoms with van der Waals surface area (Å²) in [4.78, 5) is 26.6. The van der Waals surface area contributed by atoms with Crippen LogP contribution >= 0.6 is 11.8 Å². The van der Waals surface area contributed by atoms with Gasteiger partial charge in [-0.1, -0.05) is 6.07 Å². The molecule has 0 spiro atoms. The number of amides is 2. The second kappa shape index (κ2) is 8.39. The van der Waals surface area contributed by atoms with Crippen LogP contribution in [-0.2, 0) is 16.1 Å². The molecule has 1 aliphatic rings. The SMILES string of the molecule is COc1ccc(C2SCC(C(=O)NCc3ccco3)N2C(C)=O)cc1OC. The molecule has 3 rings (SSSR count). The topological polar surface area (TPSA) is 81.0 Å². The number of furan rings is 1. The third-order valence-corrected chi connectivity index (χ3v) is 5.70. The monoisotopic (exact) mass is 390 g/mol. The first kappa shape index (κ1) is 19.2. The number of carbonyl (C=O) groups excluding carboxylic acids is 2. The predicted molar refractivity (Wildman–Crippen MR) is 102 cm³/mol. The van der Waals surface area contributed by atoms with E-state index in [1.807, 2.05) is 12.1 Å². The van der Waals surface area contributed by atoms with Crippen LogP contribution in [0.3, 0.4) is 0 Å². The van der Waals surface area contributed by atoms with E-state index in [2.05, 4.69) is 5.32 Å². The van der Waals surface area contributed by atoms with Crippen LogP contribution in [0.2, 0.25) is 0 Å². The Kier molecular flexibility index (Phi) is 5.95. The molecule has 1 saturated heterocycles. The molecule has 1 aromatic carbocycles. The second-order valence-corrected chi connectivity index (χ2v) is 7.15. The maximum absolute atomic E-state index is 12.7. The molecule has 2 amide bonds. The summed E-state index contributed by atoms with van der Waals surface area (Å²) in [5.41, 5.74) is 0.884. The highest BCUT2D eigenvalue weighted by molar-refractivity contribution is 7.99. The zero-order valence-electron chi connectivity index (χ0n) is 15.4. The fourth-order valence-electron chi connectivity index (χ4n) is 3.06. The van der Waals surface area contributed by atoms with Crippen molar-refractivity contribution in [2.24, 2.45) is 0 Å². The lowest BCUT2D eigenvalue weighted by atomic mass is 10.1. The molecule has 2 atom stereocenters. The van der Waals surface area contributed by atoms with Crippen LogP contribution in [-0.4, -0.2) is 42.7 Å². The van der Waals surface area contributed by atoms with Crippen molar-refractivity contribution in [2.45, 2.75) is 24.9 Å². The zero-order valence-corrected chi connectivity index (χ0v) is 16.2. The Labute approximate surface area is 162 Å². The Morgan fingerprint density at radius 3 is 2.67 bits per heavy atom. The summed E-state index contributed by atoms with van der Waals surface area (Å²) in [5.74, 6) is 2.04. The lowest BCUT2D eigenvalue weighted by molar-refractivity contribution is -0.138. The first-order chi connectivity index (χ1) is 13.0. The van der Waals surface area contributed by atoms with Crippen molar-refractivity contribution in [3.63, 3.8) is 0 Å². The van der Waals surface area contributed by atoms with E-state index in [1.165, 1.54) is 6.92 Å². The molecule has 1 N–H and O–H groups in total. The Bertz CT molecular complexity index is 808. The highest BCUT2D eigenvalue weighted by Gasteiger charge is 2.41. The molecule has 1 aromatic heterocycles. The van der Waals surface area contributed by atoms with Gasteiger partial charge in [-0.3, -0.25) is 9.59 Å². The van der Waals surface area contributed by atoms with Crippen molar-refractivity contribution in [3.05, 3.63) is 47.9 Å². The van der Waals surface area contributed by atoms with E-state index < -0.39 is 6.04 Å². The maximum Gasteiger partial charge on any atom is 0.244 e. The van der Waals surface area contributed by atoms with Crippen LogP contribution in [0.5, 0.6) is 11.5 Å². The Morgan fingerprint density at radius 1 is 1.26 bits per heavy atom. The number of methoxy groups -OCH3 is 2. The van der Waals surface area contributed by atoms with Gasteiger partial charge in [0.1, 0.15) is 17.2 Å². The van der Waals surface area contributed by atoms with Crippen LogP contribution in [0.25, 0.3) is 0 Å². The number of hydrogen-bond donors (Lipinski definition) is 1. The van der Waals surface area contributed by atoms with Gasteiger partial charge in [0, 0.05) is 12.7 Å². The number of nitrogens with one attached hydrogen (secondary N) is 1. The van der Waals surface area contributed by atoms with Crippen LogP contribution in [0.4, 0.5) is 0 Å². The summed E-state index contributed by atoms with van der Waals surface area (Å²) in [7, 11) is 3.14. The van der Waals surface area contributed by atoms with Crippen LogP contribution in [0.1, 0.15) is 23.6 Å². The number of ether oxygens (including phenoxy) is 2. The highest BCUT2D eigenvalue weighted by Crippen LogP contribution is 2.43. The zero-order chi connectivity index (χ0) is 19.4. The largest absolute Gasteiger partial charge is 0.493 e. The Morgan fingerprint density at radius 2 is 2.04 bits per heavy atom. The summed E-state index contributed by atoms with van der Waals surface area (Å²) in [6.45, 7) is 1.77. The minimum absolute atomic E-state index is 0.155. The molecule has 0 aliphatic carbocycles. The fraction of sp³-hybridized carbons (Fsp3) is 0.368. The molecule has 2 heterocycles. The normalized spacial score (nSPS) is 19.0. The summed E-state index contributed by atoms with van der Waals surface area (Å²) >= 11 is 1.55. The predicted octanol–water partition coefficient (Wildman–Crippen LogP) is 2.58.